The Labute approximate surface area is 94.1 Å². The molecule has 8 heteroatoms. The van der Waals surface area contributed by atoms with Gasteiger partial charge < -0.3 is 10.1 Å². The zero-order valence-electron chi connectivity index (χ0n) is 8.25. The van der Waals surface area contributed by atoms with Gasteiger partial charge in [-0.25, -0.2) is 14.5 Å². The van der Waals surface area contributed by atoms with Crippen molar-refractivity contribution in [1.29, 1.82) is 0 Å². The highest BCUT2D eigenvalue weighted by Crippen LogP contribution is 2.31. The maximum Gasteiger partial charge on any atom is 0.378 e. The summed E-state index contributed by atoms with van der Waals surface area (Å²) in [6.45, 7) is 0. The normalized spacial score (nSPS) is 17.2. The molecule has 0 aliphatic carbocycles. The fourth-order valence-electron chi connectivity index (χ4n) is 1.43. The first kappa shape index (κ1) is 9.28. The number of hydrogen-bond acceptors (Lipinski definition) is 7. The molecule has 3 rings (SSSR count). The highest BCUT2D eigenvalue weighted by Gasteiger charge is 2.33. The topological polar surface area (TPSA) is 81.9 Å². The van der Waals surface area contributed by atoms with E-state index in [9.17, 15) is 4.79 Å². The third-order valence-electron chi connectivity index (χ3n) is 2.19. The van der Waals surface area contributed by atoms with Crippen LogP contribution < -0.4 is 5.32 Å². The van der Waals surface area contributed by atoms with E-state index in [-0.39, 0.29) is 12.0 Å². The number of carbonyl (C=O) groups is 1. The fourth-order valence-corrected chi connectivity index (χ4v) is 2.10. The number of hydrogen-bond donors (Lipinski definition) is 1. The van der Waals surface area contributed by atoms with E-state index in [0.717, 1.165) is 5.01 Å². The lowest BCUT2D eigenvalue weighted by Crippen LogP contribution is -2.32. The van der Waals surface area contributed by atoms with E-state index in [1.807, 2.05) is 5.38 Å². The van der Waals surface area contributed by atoms with Crippen molar-refractivity contribution in [3.05, 3.63) is 22.4 Å². The summed E-state index contributed by atoms with van der Waals surface area (Å²) in [5.41, 5.74) is 0. The molecule has 0 saturated carbocycles. The lowest BCUT2D eigenvalue weighted by Gasteiger charge is -2.26. The van der Waals surface area contributed by atoms with Crippen molar-refractivity contribution in [2.75, 3.05) is 12.4 Å². The number of fused-ring (bicyclic) bond motifs is 1. The molecule has 7 nitrogen and oxygen atoms in total. The number of esters is 1. The van der Waals surface area contributed by atoms with Gasteiger partial charge in [0.1, 0.15) is 5.01 Å². The summed E-state index contributed by atoms with van der Waals surface area (Å²) in [4.78, 5) is 19.3. The Morgan fingerprint density at radius 3 is 3.25 bits per heavy atom. The molecule has 2 aromatic heterocycles. The Kier molecular flexibility index (Phi) is 1.90. The van der Waals surface area contributed by atoms with Gasteiger partial charge in [-0.05, 0) is 0 Å². The lowest BCUT2D eigenvalue weighted by atomic mass is 10.4. The summed E-state index contributed by atoms with van der Waals surface area (Å²) in [5.74, 6) is 0.0752. The van der Waals surface area contributed by atoms with Gasteiger partial charge in [0, 0.05) is 11.6 Å². The molecule has 0 bridgehead atoms. The minimum absolute atomic E-state index is 0.0593. The summed E-state index contributed by atoms with van der Waals surface area (Å²) in [7, 11) is 1.30. The molecule has 1 aliphatic rings. The average Bonchev–Trinajstić information content (AvgIpc) is 2.88. The summed E-state index contributed by atoms with van der Waals surface area (Å²) in [6.07, 6.45) is 1.60. The molecule has 0 amide bonds. The predicted molar refractivity (Wildman–Crippen MR) is 55.2 cm³/mol. The smallest absolute Gasteiger partial charge is 0.378 e. The molecule has 1 aliphatic heterocycles. The number of thiazole rings is 1. The number of ether oxygens (including phenoxy) is 1. The molecule has 0 spiro atoms. The highest BCUT2D eigenvalue weighted by atomic mass is 32.1. The zero-order valence-corrected chi connectivity index (χ0v) is 9.06. The second-order valence-electron chi connectivity index (χ2n) is 3.11. The molecule has 0 radical (unpaired) electrons. The van der Waals surface area contributed by atoms with Crippen LogP contribution in [-0.4, -0.2) is 32.8 Å². The van der Waals surface area contributed by atoms with Crippen molar-refractivity contribution in [1.82, 2.24) is 19.7 Å². The van der Waals surface area contributed by atoms with E-state index >= 15 is 0 Å². The van der Waals surface area contributed by atoms with Gasteiger partial charge in [0.25, 0.3) is 5.82 Å². The van der Waals surface area contributed by atoms with Gasteiger partial charge in [0.2, 0.25) is 5.95 Å². The lowest BCUT2D eigenvalue weighted by molar-refractivity contribution is 0.0586. The van der Waals surface area contributed by atoms with Crippen LogP contribution in [0.15, 0.2) is 11.6 Å². The second-order valence-corrected chi connectivity index (χ2v) is 4.04. The SMILES string of the molecule is COC(=O)c1nc2n(n1)C(c1nccs1)N2. The molecule has 82 valence electrons. The number of rotatable bonds is 2. The van der Waals surface area contributed by atoms with Crippen molar-refractivity contribution in [2.24, 2.45) is 0 Å². The van der Waals surface area contributed by atoms with Crippen molar-refractivity contribution in [3.63, 3.8) is 0 Å². The van der Waals surface area contributed by atoms with Crippen LogP contribution in [0.4, 0.5) is 5.95 Å². The molecule has 2 aromatic rings. The van der Waals surface area contributed by atoms with Crippen LogP contribution in [0.1, 0.15) is 21.8 Å². The predicted octanol–water partition coefficient (Wildman–Crippen LogP) is 0.494. The Bertz CT molecular complexity index is 535. The number of aromatic nitrogens is 4. The van der Waals surface area contributed by atoms with Crippen LogP contribution >= 0.6 is 11.3 Å². The number of nitrogens with zero attached hydrogens (tertiary/aromatic N) is 4. The van der Waals surface area contributed by atoms with Gasteiger partial charge in [-0.1, -0.05) is 0 Å². The summed E-state index contributed by atoms with van der Waals surface area (Å²) in [6, 6.07) is 0. The first-order valence-corrected chi connectivity index (χ1v) is 5.38. The number of carbonyl (C=O) groups excluding carboxylic acids is 1. The van der Waals surface area contributed by atoms with E-state index in [2.05, 4.69) is 25.1 Å². The minimum atomic E-state index is -0.540. The molecule has 0 aromatic carbocycles. The van der Waals surface area contributed by atoms with Gasteiger partial charge in [-0.2, -0.15) is 4.98 Å². The molecule has 1 unspecified atom stereocenters. The van der Waals surface area contributed by atoms with Gasteiger partial charge in [-0.3, -0.25) is 0 Å². The van der Waals surface area contributed by atoms with Gasteiger partial charge in [-0.15, -0.1) is 16.4 Å². The number of methoxy groups -OCH3 is 1. The first-order chi connectivity index (χ1) is 7.79. The third-order valence-corrected chi connectivity index (χ3v) is 3.02. The quantitative estimate of drug-likeness (QED) is 0.766. The van der Waals surface area contributed by atoms with E-state index in [1.54, 1.807) is 10.9 Å². The maximum absolute atomic E-state index is 11.2. The van der Waals surface area contributed by atoms with E-state index in [1.165, 1.54) is 18.4 Å². The zero-order chi connectivity index (χ0) is 11.1. The van der Waals surface area contributed by atoms with E-state index in [0.29, 0.717) is 5.95 Å². The van der Waals surface area contributed by atoms with Crippen molar-refractivity contribution >= 4 is 23.3 Å². The third kappa shape index (κ3) is 1.20. The number of nitrogens with one attached hydrogen (secondary N) is 1. The second kappa shape index (κ2) is 3.27. The van der Waals surface area contributed by atoms with Crippen molar-refractivity contribution < 1.29 is 9.53 Å². The fraction of sp³-hybridized carbons (Fsp3) is 0.250. The maximum atomic E-state index is 11.2. The van der Waals surface area contributed by atoms with Crippen LogP contribution in [0, 0.1) is 0 Å². The highest BCUT2D eigenvalue weighted by molar-refractivity contribution is 7.09. The standard InChI is InChI=1S/C8H7N5O2S/c1-15-7(14)4-10-8-11-5(13(8)12-4)6-9-2-3-16-6/h2-3,5H,1H3,(H,10,11,12). The van der Waals surface area contributed by atoms with Crippen LogP contribution in [0.3, 0.4) is 0 Å². The summed E-state index contributed by atoms with van der Waals surface area (Å²) >= 11 is 1.52. The Hall–Kier alpha value is -1.96. The van der Waals surface area contributed by atoms with Crippen LogP contribution in [0.5, 0.6) is 0 Å². The number of anilines is 1. The van der Waals surface area contributed by atoms with E-state index in [4.69, 9.17) is 0 Å². The summed E-state index contributed by atoms with van der Waals surface area (Å²) < 4.78 is 6.16. The average molecular weight is 237 g/mol. The molecule has 0 saturated heterocycles. The van der Waals surface area contributed by atoms with Crippen LogP contribution in [0.25, 0.3) is 0 Å². The van der Waals surface area contributed by atoms with Crippen LogP contribution in [-0.2, 0) is 4.74 Å². The van der Waals surface area contributed by atoms with Crippen molar-refractivity contribution in [2.45, 2.75) is 6.17 Å². The monoisotopic (exact) mass is 237 g/mol. The summed E-state index contributed by atoms with van der Waals surface area (Å²) in [5, 5.41) is 9.86. The van der Waals surface area contributed by atoms with Gasteiger partial charge in [0.05, 0.1) is 7.11 Å². The molecular formula is C8H7N5O2S. The van der Waals surface area contributed by atoms with Gasteiger partial charge >= 0.3 is 5.97 Å². The Morgan fingerprint density at radius 2 is 2.56 bits per heavy atom. The molecule has 1 atom stereocenters. The molecule has 16 heavy (non-hydrogen) atoms. The molecule has 0 fully saturated rings. The van der Waals surface area contributed by atoms with Crippen molar-refractivity contribution in [3.8, 4) is 0 Å². The van der Waals surface area contributed by atoms with Crippen LogP contribution in [0.2, 0.25) is 0 Å². The largest absolute Gasteiger partial charge is 0.463 e. The minimum Gasteiger partial charge on any atom is -0.463 e. The first-order valence-electron chi connectivity index (χ1n) is 4.50. The molecular weight excluding hydrogens is 230 g/mol. The van der Waals surface area contributed by atoms with Gasteiger partial charge in [0.15, 0.2) is 6.17 Å². The Morgan fingerprint density at radius 1 is 1.69 bits per heavy atom. The molecule has 1 N–H and O–H groups in total. The van der Waals surface area contributed by atoms with E-state index < -0.39 is 5.97 Å². The Balaban J connectivity index is 1.91. The molecule has 3 heterocycles.